The first kappa shape index (κ1) is 21.1. The van der Waals surface area contributed by atoms with Crippen molar-refractivity contribution in [1.29, 1.82) is 0 Å². The van der Waals surface area contributed by atoms with E-state index in [2.05, 4.69) is 45.0 Å². The molecule has 2 saturated heterocycles. The van der Waals surface area contributed by atoms with Crippen molar-refractivity contribution in [2.24, 2.45) is 0 Å². The van der Waals surface area contributed by atoms with Crippen LogP contribution in [-0.4, -0.2) is 45.7 Å². The maximum Gasteiger partial charge on any atom is 0.315 e. The molecule has 2 bridgehead atoms. The van der Waals surface area contributed by atoms with Crippen LogP contribution in [-0.2, 0) is 0 Å². The molecular weight excluding hydrogens is 414 g/mol. The van der Waals surface area contributed by atoms with E-state index >= 15 is 0 Å². The number of hydrogen-bond acceptors (Lipinski definition) is 5. The van der Waals surface area contributed by atoms with Gasteiger partial charge in [-0.15, -0.1) is 0 Å². The minimum Gasteiger partial charge on any atom is -0.339 e. The quantitative estimate of drug-likeness (QED) is 0.613. The number of nitrogens with one attached hydrogen (secondary N) is 2. The molecule has 2 aliphatic carbocycles. The SMILES string of the molecule is O=C(NC1CC1)N[C@@H](CCN1[C@H]2CC[C@H]1CC(c1noc(C3CCC3)n1)C2)c1ccccc1. The van der Waals surface area contributed by atoms with Gasteiger partial charge < -0.3 is 15.2 Å². The lowest BCUT2D eigenvalue weighted by atomic mass is 9.85. The number of amides is 2. The average molecular weight is 450 g/mol. The molecule has 4 fully saturated rings. The molecule has 3 atom stereocenters. The average Bonchev–Trinajstić information content (AvgIpc) is 3.42. The van der Waals surface area contributed by atoms with Crippen molar-refractivity contribution in [1.82, 2.24) is 25.7 Å². The smallest absolute Gasteiger partial charge is 0.315 e. The molecular formula is C26H35N5O2. The Bertz CT molecular complexity index is 941. The molecule has 2 amide bonds. The van der Waals surface area contributed by atoms with Crippen molar-refractivity contribution in [3.8, 4) is 0 Å². The van der Waals surface area contributed by atoms with Gasteiger partial charge in [0.2, 0.25) is 5.89 Å². The van der Waals surface area contributed by atoms with Crippen LogP contribution in [0.2, 0.25) is 0 Å². The van der Waals surface area contributed by atoms with Gasteiger partial charge in [0.15, 0.2) is 5.82 Å². The maximum atomic E-state index is 12.5. The fourth-order valence-corrected chi connectivity index (χ4v) is 5.98. The van der Waals surface area contributed by atoms with Crippen LogP contribution in [0.3, 0.4) is 0 Å². The first-order valence-corrected chi connectivity index (χ1v) is 12.9. The van der Waals surface area contributed by atoms with Gasteiger partial charge in [-0.3, -0.25) is 4.90 Å². The molecule has 7 nitrogen and oxygen atoms in total. The number of rotatable bonds is 8. The van der Waals surface area contributed by atoms with Crippen LogP contribution in [0.5, 0.6) is 0 Å². The third-order valence-electron chi connectivity index (χ3n) is 8.26. The Kier molecular flexibility index (Phi) is 5.82. The van der Waals surface area contributed by atoms with Crippen LogP contribution < -0.4 is 10.6 Å². The summed E-state index contributed by atoms with van der Waals surface area (Å²) in [6.07, 6.45) is 11.5. The van der Waals surface area contributed by atoms with Crippen LogP contribution in [0.1, 0.15) is 99.4 Å². The van der Waals surface area contributed by atoms with Crippen LogP contribution >= 0.6 is 0 Å². The normalized spacial score (nSPS) is 28.3. The van der Waals surface area contributed by atoms with Crippen LogP contribution in [0.15, 0.2) is 34.9 Å². The minimum atomic E-state index is -0.0348. The van der Waals surface area contributed by atoms with Gasteiger partial charge in [0, 0.05) is 36.5 Å². The molecule has 2 saturated carbocycles. The Labute approximate surface area is 195 Å². The zero-order valence-corrected chi connectivity index (χ0v) is 19.3. The number of aromatic nitrogens is 2. The third kappa shape index (κ3) is 4.65. The highest BCUT2D eigenvalue weighted by atomic mass is 16.5. The molecule has 2 aromatic rings. The van der Waals surface area contributed by atoms with E-state index in [-0.39, 0.29) is 12.1 Å². The number of hydrogen-bond donors (Lipinski definition) is 2. The van der Waals surface area contributed by atoms with E-state index in [4.69, 9.17) is 9.51 Å². The molecule has 176 valence electrons. The summed E-state index contributed by atoms with van der Waals surface area (Å²) < 4.78 is 5.62. The van der Waals surface area contributed by atoms with E-state index in [1.54, 1.807) is 0 Å². The number of urea groups is 1. The molecule has 0 spiro atoms. The second kappa shape index (κ2) is 9.09. The van der Waals surface area contributed by atoms with Crippen LogP contribution in [0, 0.1) is 0 Å². The topological polar surface area (TPSA) is 83.3 Å². The molecule has 0 radical (unpaired) electrons. The number of carbonyl (C=O) groups is 1. The van der Waals surface area contributed by atoms with Crippen molar-refractivity contribution >= 4 is 6.03 Å². The molecule has 0 unspecified atom stereocenters. The van der Waals surface area contributed by atoms with Crippen molar-refractivity contribution in [3.05, 3.63) is 47.6 Å². The molecule has 2 aliphatic heterocycles. The Morgan fingerprint density at radius 1 is 1.03 bits per heavy atom. The van der Waals surface area contributed by atoms with Crippen molar-refractivity contribution in [3.63, 3.8) is 0 Å². The monoisotopic (exact) mass is 449 g/mol. The Balaban J connectivity index is 1.08. The van der Waals surface area contributed by atoms with E-state index in [0.717, 1.165) is 50.4 Å². The van der Waals surface area contributed by atoms with Crippen molar-refractivity contribution in [2.75, 3.05) is 6.54 Å². The highest BCUT2D eigenvalue weighted by molar-refractivity contribution is 5.75. The number of piperidine rings is 1. The Hall–Kier alpha value is -2.41. The Morgan fingerprint density at radius 2 is 1.79 bits per heavy atom. The third-order valence-corrected chi connectivity index (χ3v) is 8.26. The van der Waals surface area contributed by atoms with Gasteiger partial charge in [-0.1, -0.05) is 41.9 Å². The maximum absolute atomic E-state index is 12.5. The summed E-state index contributed by atoms with van der Waals surface area (Å²) in [5.74, 6) is 2.73. The second-order valence-electron chi connectivity index (χ2n) is 10.6. The zero-order valence-electron chi connectivity index (χ0n) is 19.3. The fourth-order valence-electron chi connectivity index (χ4n) is 5.98. The summed E-state index contributed by atoms with van der Waals surface area (Å²) in [7, 11) is 0. The van der Waals surface area contributed by atoms with Crippen molar-refractivity contribution in [2.45, 2.75) is 100 Å². The molecule has 3 heterocycles. The van der Waals surface area contributed by atoms with Crippen LogP contribution in [0.25, 0.3) is 0 Å². The summed E-state index contributed by atoms with van der Waals surface area (Å²) in [4.78, 5) is 20.0. The molecule has 1 aromatic heterocycles. The van der Waals surface area contributed by atoms with E-state index in [9.17, 15) is 4.79 Å². The highest BCUT2D eigenvalue weighted by Gasteiger charge is 2.42. The van der Waals surface area contributed by atoms with Gasteiger partial charge in [-0.25, -0.2) is 4.79 Å². The van der Waals surface area contributed by atoms with Gasteiger partial charge >= 0.3 is 6.03 Å². The molecule has 1 aromatic carbocycles. The van der Waals surface area contributed by atoms with E-state index < -0.39 is 0 Å². The Morgan fingerprint density at radius 3 is 2.45 bits per heavy atom. The van der Waals surface area contributed by atoms with E-state index in [0.29, 0.717) is 30.0 Å². The van der Waals surface area contributed by atoms with E-state index in [1.807, 2.05) is 6.07 Å². The lowest BCUT2D eigenvalue weighted by Crippen LogP contribution is -2.45. The van der Waals surface area contributed by atoms with Crippen molar-refractivity contribution < 1.29 is 9.32 Å². The van der Waals surface area contributed by atoms with Gasteiger partial charge in [0.1, 0.15) is 0 Å². The second-order valence-corrected chi connectivity index (χ2v) is 10.6. The van der Waals surface area contributed by atoms with Crippen LogP contribution in [0.4, 0.5) is 4.79 Å². The molecule has 4 aliphatic rings. The predicted molar refractivity (Wildman–Crippen MR) is 125 cm³/mol. The lowest BCUT2D eigenvalue weighted by Gasteiger charge is -2.38. The van der Waals surface area contributed by atoms with Gasteiger partial charge in [-0.2, -0.15) is 4.98 Å². The molecule has 33 heavy (non-hydrogen) atoms. The van der Waals surface area contributed by atoms with E-state index in [1.165, 1.54) is 37.7 Å². The first-order valence-electron chi connectivity index (χ1n) is 12.9. The number of fused-ring (bicyclic) bond motifs is 2. The minimum absolute atomic E-state index is 0.0318. The standard InChI is InChI=1S/C26H35N5O2/c32-26(27-20-9-10-20)28-23(17-5-2-1-3-6-17)13-14-31-21-11-12-22(31)16-19(15-21)24-29-25(33-30-24)18-7-4-8-18/h1-3,5-6,18-23H,4,7-16H2,(H2,27,28,32)/t21-,22-,23-/m0/s1. The van der Waals surface area contributed by atoms with Gasteiger partial charge in [-0.05, 0) is 63.4 Å². The number of benzene rings is 1. The summed E-state index contributed by atoms with van der Waals surface area (Å²) in [6.45, 7) is 1.00. The first-order chi connectivity index (χ1) is 16.2. The lowest BCUT2D eigenvalue weighted by molar-refractivity contribution is 0.118. The fraction of sp³-hybridized carbons (Fsp3) is 0.654. The largest absolute Gasteiger partial charge is 0.339 e. The number of nitrogens with zero attached hydrogens (tertiary/aromatic N) is 3. The van der Waals surface area contributed by atoms with Gasteiger partial charge in [0.25, 0.3) is 0 Å². The molecule has 6 rings (SSSR count). The predicted octanol–water partition coefficient (Wildman–Crippen LogP) is 4.64. The summed E-state index contributed by atoms with van der Waals surface area (Å²) >= 11 is 0. The summed E-state index contributed by atoms with van der Waals surface area (Å²) in [5.41, 5.74) is 1.18. The number of carbonyl (C=O) groups excluding carboxylic acids is 1. The van der Waals surface area contributed by atoms with Gasteiger partial charge in [0.05, 0.1) is 6.04 Å². The zero-order chi connectivity index (χ0) is 22.2. The summed E-state index contributed by atoms with van der Waals surface area (Å²) in [6, 6.07) is 11.9. The summed E-state index contributed by atoms with van der Waals surface area (Å²) in [5, 5.41) is 10.7. The molecule has 7 heteroatoms. The molecule has 2 N–H and O–H groups in total. The highest BCUT2D eigenvalue weighted by Crippen LogP contribution is 2.43.